The molecule has 3 aromatic carbocycles. The molecule has 9 heteroatoms. The first kappa shape index (κ1) is 32.4. The molecule has 1 saturated heterocycles. The van der Waals surface area contributed by atoms with Gasteiger partial charge in [0.05, 0.1) is 23.5 Å². The monoisotopic (exact) mass is 610 g/mol. The summed E-state index contributed by atoms with van der Waals surface area (Å²) in [5.41, 5.74) is 5.11. The molecule has 0 radical (unpaired) electrons. The molecule has 236 valence electrons. The number of anilines is 1. The fourth-order valence-electron chi connectivity index (χ4n) is 5.82. The minimum atomic E-state index is -0.816. The highest BCUT2D eigenvalue weighted by Gasteiger charge is 2.51. The van der Waals surface area contributed by atoms with Crippen LogP contribution in [0.3, 0.4) is 0 Å². The molecule has 45 heavy (non-hydrogen) atoms. The van der Waals surface area contributed by atoms with Gasteiger partial charge in [-0.2, -0.15) is 0 Å². The van der Waals surface area contributed by atoms with Crippen LogP contribution in [0.4, 0.5) is 5.69 Å². The maximum absolute atomic E-state index is 13.2. The zero-order chi connectivity index (χ0) is 32.5. The molecule has 0 unspecified atom stereocenters. The van der Waals surface area contributed by atoms with Crippen LogP contribution in [0.25, 0.3) is 11.1 Å². The quantitative estimate of drug-likeness (QED) is 0.234. The third-order valence-electron chi connectivity index (χ3n) is 9.36. The maximum atomic E-state index is 13.2. The van der Waals surface area contributed by atoms with Crippen molar-refractivity contribution < 1.29 is 28.4 Å². The summed E-state index contributed by atoms with van der Waals surface area (Å²) in [6, 6.07) is 22.8. The normalized spacial score (nSPS) is 17.7. The van der Waals surface area contributed by atoms with Gasteiger partial charge in [-0.1, -0.05) is 74.5 Å². The molecule has 1 aliphatic carbocycles. The van der Waals surface area contributed by atoms with E-state index in [0.717, 1.165) is 27.7 Å². The second-order valence-electron chi connectivity index (χ2n) is 13.4. The second kappa shape index (κ2) is 12.8. The topological polar surface area (TPSA) is 103 Å². The van der Waals surface area contributed by atoms with Gasteiger partial charge in [0.15, 0.2) is 0 Å². The van der Waals surface area contributed by atoms with Gasteiger partial charge < -0.3 is 24.7 Å². The molecule has 0 aromatic heterocycles. The van der Waals surface area contributed by atoms with Crippen LogP contribution in [0.1, 0.15) is 71.9 Å². The Morgan fingerprint density at radius 1 is 0.800 bits per heavy atom. The van der Waals surface area contributed by atoms with Crippen LogP contribution in [-0.2, 0) is 28.4 Å². The molecular weight excluding hydrogens is 567 g/mol. The SMILES string of the molecule is CC(C)[C@H](CC(=O)OCC1c2ccccc2-c2ccccc21)C(=O)N[C@@H](C)C(=O)Nc1ccc(B2OC(C)(C)C(C)(C)O2)cc1. The third-order valence-corrected chi connectivity index (χ3v) is 9.36. The third kappa shape index (κ3) is 6.85. The van der Waals surface area contributed by atoms with E-state index >= 15 is 0 Å². The van der Waals surface area contributed by atoms with Crippen LogP contribution in [0.2, 0.25) is 0 Å². The first-order valence-electron chi connectivity index (χ1n) is 15.7. The van der Waals surface area contributed by atoms with E-state index in [0.29, 0.717) is 5.69 Å². The van der Waals surface area contributed by atoms with Crippen molar-refractivity contribution in [3.8, 4) is 11.1 Å². The Bertz CT molecular complexity index is 1510. The Balaban J connectivity index is 1.13. The number of benzene rings is 3. The van der Waals surface area contributed by atoms with Gasteiger partial charge in [0.2, 0.25) is 11.8 Å². The van der Waals surface area contributed by atoms with E-state index in [1.54, 1.807) is 19.1 Å². The lowest BCUT2D eigenvalue weighted by molar-refractivity contribution is -0.148. The second-order valence-corrected chi connectivity index (χ2v) is 13.4. The summed E-state index contributed by atoms with van der Waals surface area (Å²) in [4.78, 5) is 39.2. The van der Waals surface area contributed by atoms with Crippen molar-refractivity contribution in [1.29, 1.82) is 0 Å². The minimum Gasteiger partial charge on any atom is -0.465 e. The van der Waals surface area contributed by atoms with Gasteiger partial charge in [0.25, 0.3) is 0 Å². The van der Waals surface area contributed by atoms with E-state index in [-0.39, 0.29) is 36.7 Å². The van der Waals surface area contributed by atoms with Gasteiger partial charge in [-0.3, -0.25) is 14.4 Å². The molecule has 3 aromatic rings. The van der Waals surface area contributed by atoms with E-state index in [2.05, 4.69) is 34.9 Å². The summed E-state index contributed by atoms with van der Waals surface area (Å²) in [7, 11) is -0.498. The summed E-state index contributed by atoms with van der Waals surface area (Å²) in [6.45, 7) is 13.6. The Hall–Kier alpha value is -3.95. The number of hydrogen-bond acceptors (Lipinski definition) is 6. The zero-order valence-electron chi connectivity index (χ0n) is 27.2. The highest BCUT2D eigenvalue weighted by Crippen LogP contribution is 2.44. The van der Waals surface area contributed by atoms with Crippen molar-refractivity contribution in [2.45, 2.75) is 78.0 Å². The first-order chi connectivity index (χ1) is 21.3. The number of carbonyl (C=O) groups is 3. The van der Waals surface area contributed by atoms with Gasteiger partial charge in [-0.15, -0.1) is 0 Å². The molecule has 5 rings (SSSR count). The standard InChI is InChI=1S/C36H43BN2O6/c1-22(2)30(20-32(40)43-21-31-28-14-10-8-12-26(28)27-13-9-11-15-29(27)31)34(42)38-23(3)33(41)39-25-18-16-24(17-19-25)37-44-35(4,5)36(6,7)45-37/h8-19,22-23,30-31H,20-21H2,1-7H3,(H,38,42)(H,39,41)/t23-,30-/m0/s1. The van der Waals surface area contributed by atoms with E-state index in [1.165, 1.54) is 0 Å². The van der Waals surface area contributed by atoms with Crippen molar-refractivity contribution in [3.63, 3.8) is 0 Å². The maximum Gasteiger partial charge on any atom is 0.494 e. The van der Waals surface area contributed by atoms with E-state index in [1.807, 2.05) is 77.9 Å². The summed E-state index contributed by atoms with van der Waals surface area (Å²) < 4.78 is 18.0. The van der Waals surface area contributed by atoms with Crippen LogP contribution < -0.4 is 16.1 Å². The van der Waals surface area contributed by atoms with Gasteiger partial charge in [0, 0.05) is 11.6 Å². The average Bonchev–Trinajstić information content (AvgIpc) is 3.43. The molecule has 1 heterocycles. The number of ether oxygens (including phenoxy) is 1. The van der Waals surface area contributed by atoms with Crippen molar-refractivity contribution in [2.75, 3.05) is 11.9 Å². The Morgan fingerprint density at radius 3 is 1.87 bits per heavy atom. The number of fused-ring (bicyclic) bond motifs is 3. The lowest BCUT2D eigenvalue weighted by atomic mass is 9.79. The van der Waals surface area contributed by atoms with E-state index in [9.17, 15) is 14.4 Å². The van der Waals surface area contributed by atoms with E-state index in [4.69, 9.17) is 14.0 Å². The van der Waals surface area contributed by atoms with Crippen molar-refractivity contribution in [3.05, 3.63) is 83.9 Å². The van der Waals surface area contributed by atoms with Gasteiger partial charge in [0.1, 0.15) is 12.6 Å². The molecule has 2 amide bonds. The highest BCUT2D eigenvalue weighted by atomic mass is 16.7. The fourth-order valence-corrected chi connectivity index (χ4v) is 5.82. The number of nitrogens with one attached hydrogen (secondary N) is 2. The Kier molecular flexibility index (Phi) is 9.24. The molecule has 1 fully saturated rings. The van der Waals surface area contributed by atoms with E-state index < -0.39 is 36.2 Å². The molecule has 8 nitrogen and oxygen atoms in total. The van der Waals surface area contributed by atoms with Gasteiger partial charge in [-0.05, 0) is 80.4 Å². The number of amides is 2. The molecular formula is C36H43BN2O6. The largest absolute Gasteiger partial charge is 0.494 e. The smallest absolute Gasteiger partial charge is 0.465 e. The van der Waals surface area contributed by atoms with Crippen molar-refractivity contribution in [1.82, 2.24) is 5.32 Å². The molecule has 0 spiro atoms. The summed E-state index contributed by atoms with van der Waals surface area (Å²) in [5, 5.41) is 5.63. The predicted molar refractivity (Wildman–Crippen MR) is 176 cm³/mol. The number of hydrogen-bond donors (Lipinski definition) is 2. The van der Waals surface area contributed by atoms with Crippen molar-refractivity contribution in [2.24, 2.45) is 11.8 Å². The number of rotatable bonds is 10. The molecule has 2 aliphatic rings. The molecule has 2 atom stereocenters. The van der Waals surface area contributed by atoms with Crippen molar-refractivity contribution >= 4 is 36.1 Å². The summed E-state index contributed by atoms with van der Waals surface area (Å²) in [6.07, 6.45) is -0.0752. The molecule has 2 N–H and O–H groups in total. The zero-order valence-corrected chi connectivity index (χ0v) is 27.2. The van der Waals surface area contributed by atoms with Crippen LogP contribution in [0.5, 0.6) is 0 Å². The summed E-state index contributed by atoms with van der Waals surface area (Å²) >= 11 is 0. The average molecular weight is 611 g/mol. The van der Waals surface area contributed by atoms with Crippen LogP contribution in [0.15, 0.2) is 72.8 Å². The number of carbonyl (C=O) groups excluding carboxylic acids is 3. The molecule has 0 saturated carbocycles. The minimum absolute atomic E-state index is 0.0534. The molecule has 1 aliphatic heterocycles. The lowest BCUT2D eigenvalue weighted by Crippen LogP contribution is -2.45. The number of esters is 1. The van der Waals surface area contributed by atoms with Gasteiger partial charge in [-0.25, -0.2) is 0 Å². The van der Waals surface area contributed by atoms with Gasteiger partial charge >= 0.3 is 13.1 Å². The van der Waals surface area contributed by atoms with Crippen LogP contribution in [0, 0.1) is 11.8 Å². The Morgan fingerprint density at radius 2 is 1.33 bits per heavy atom. The lowest BCUT2D eigenvalue weighted by Gasteiger charge is -2.32. The summed E-state index contributed by atoms with van der Waals surface area (Å²) in [5.74, 6) is -2.00. The Labute approximate surface area is 266 Å². The first-order valence-corrected chi connectivity index (χ1v) is 15.7. The fraction of sp³-hybridized carbons (Fsp3) is 0.417. The van der Waals surface area contributed by atoms with Crippen LogP contribution >= 0.6 is 0 Å². The predicted octanol–water partition coefficient (Wildman–Crippen LogP) is 5.45. The molecule has 0 bridgehead atoms. The van der Waals surface area contributed by atoms with Crippen LogP contribution in [-0.4, -0.2) is 48.8 Å². The highest BCUT2D eigenvalue weighted by molar-refractivity contribution is 6.62.